The minimum absolute atomic E-state index is 0.938. The van der Waals surface area contributed by atoms with Crippen molar-refractivity contribution < 1.29 is 0 Å². The number of hydrogen-bond donors (Lipinski definition) is 1. The molecule has 0 spiro atoms. The molecule has 0 aromatic heterocycles. The largest absolute Gasteiger partial charge is 0.398 e. The standard InChI is InChI=1S/C16H21N/c1-3-6-12-8-5-9-14-13(12)10-11-16(17)15(14)7-4-2/h5,8-11H,3-4,6-7,17H2,1-2H3. The van der Waals surface area contributed by atoms with Crippen LogP contribution in [0.2, 0.25) is 0 Å². The Morgan fingerprint density at radius 2 is 1.65 bits per heavy atom. The van der Waals surface area contributed by atoms with Gasteiger partial charge in [0.05, 0.1) is 0 Å². The van der Waals surface area contributed by atoms with Crippen molar-refractivity contribution in [3.8, 4) is 0 Å². The van der Waals surface area contributed by atoms with Crippen LogP contribution in [0.3, 0.4) is 0 Å². The van der Waals surface area contributed by atoms with E-state index in [1.807, 2.05) is 0 Å². The number of benzene rings is 2. The minimum Gasteiger partial charge on any atom is -0.398 e. The summed E-state index contributed by atoms with van der Waals surface area (Å²) >= 11 is 0. The van der Waals surface area contributed by atoms with E-state index in [1.165, 1.54) is 28.3 Å². The van der Waals surface area contributed by atoms with Gasteiger partial charge in [0.15, 0.2) is 0 Å². The summed E-state index contributed by atoms with van der Waals surface area (Å²) in [5.74, 6) is 0. The second kappa shape index (κ2) is 5.22. The van der Waals surface area contributed by atoms with E-state index in [0.717, 1.165) is 24.9 Å². The molecule has 0 unspecified atom stereocenters. The zero-order valence-corrected chi connectivity index (χ0v) is 10.8. The van der Waals surface area contributed by atoms with Gasteiger partial charge in [-0.3, -0.25) is 0 Å². The number of hydrogen-bond acceptors (Lipinski definition) is 1. The van der Waals surface area contributed by atoms with Gasteiger partial charge in [-0.2, -0.15) is 0 Å². The van der Waals surface area contributed by atoms with Crippen molar-refractivity contribution in [2.45, 2.75) is 39.5 Å². The van der Waals surface area contributed by atoms with Gasteiger partial charge in [0.25, 0.3) is 0 Å². The van der Waals surface area contributed by atoms with Crippen molar-refractivity contribution in [3.05, 3.63) is 41.5 Å². The normalized spacial score (nSPS) is 10.9. The minimum atomic E-state index is 0.938. The van der Waals surface area contributed by atoms with Gasteiger partial charge in [-0.25, -0.2) is 0 Å². The van der Waals surface area contributed by atoms with Gasteiger partial charge >= 0.3 is 0 Å². The third-order valence-corrected chi connectivity index (χ3v) is 3.32. The molecule has 0 heterocycles. The van der Waals surface area contributed by atoms with Crippen LogP contribution >= 0.6 is 0 Å². The Labute approximate surface area is 104 Å². The first-order chi connectivity index (χ1) is 8.27. The maximum Gasteiger partial charge on any atom is 0.0353 e. The highest BCUT2D eigenvalue weighted by Gasteiger charge is 2.07. The summed E-state index contributed by atoms with van der Waals surface area (Å²) in [6.45, 7) is 4.43. The monoisotopic (exact) mass is 227 g/mol. The second-order valence-electron chi connectivity index (χ2n) is 4.65. The molecule has 0 fully saturated rings. The average molecular weight is 227 g/mol. The summed E-state index contributed by atoms with van der Waals surface area (Å²) in [7, 11) is 0. The van der Waals surface area contributed by atoms with Gasteiger partial charge in [0.2, 0.25) is 0 Å². The SMILES string of the molecule is CCCc1cccc2c(CCC)c(N)ccc12. The number of rotatable bonds is 4. The Bertz CT molecular complexity index is 514. The Balaban J connectivity index is 2.64. The zero-order chi connectivity index (χ0) is 12.3. The summed E-state index contributed by atoms with van der Waals surface area (Å²) in [4.78, 5) is 0. The molecule has 0 atom stereocenters. The molecule has 17 heavy (non-hydrogen) atoms. The molecule has 1 nitrogen and oxygen atoms in total. The fourth-order valence-electron chi connectivity index (χ4n) is 2.52. The zero-order valence-electron chi connectivity index (χ0n) is 10.8. The van der Waals surface area contributed by atoms with E-state index in [0.29, 0.717) is 0 Å². The Hall–Kier alpha value is -1.50. The van der Waals surface area contributed by atoms with Gasteiger partial charge in [-0.15, -0.1) is 0 Å². The first kappa shape index (κ1) is 12.0. The van der Waals surface area contributed by atoms with Gasteiger partial charge < -0.3 is 5.73 Å². The van der Waals surface area contributed by atoms with Crippen LogP contribution in [0.25, 0.3) is 10.8 Å². The predicted octanol–water partition coefficient (Wildman–Crippen LogP) is 4.33. The van der Waals surface area contributed by atoms with Gasteiger partial charge in [0, 0.05) is 5.69 Å². The molecule has 0 saturated carbocycles. The van der Waals surface area contributed by atoms with Crippen molar-refractivity contribution in [1.82, 2.24) is 0 Å². The van der Waals surface area contributed by atoms with E-state index in [2.05, 4.69) is 44.2 Å². The average Bonchev–Trinajstić information content (AvgIpc) is 2.34. The van der Waals surface area contributed by atoms with Crippen LogP contribution < -0.4 is 5.73 Å². The maximum absolute atomic E-state index is 6.10. The highest BCUT2D eigenvalue weighted by molar-refractivity contribution is 5.92. The molecule has 0 aliphatic carbocycles. The lowest BCUT2D eigenvalue weighted by Crippen LogP contribution is -1.97. The third-order valence-electron chi connectivity index (χ3n) is 3.32. The molecular weight excluding hydrogens is 206 g/mol. The van der Waals surface area contributed by atoms with Crippen LogP contribution in [0.15, 0.2) is 30.3 Å². The second-order valence-corrected chi connectivity index (χ2v) is 4.65. The number of nitrogen functional groups attached to an aromatic ring is 1. The van der Waals surface area contributed by atoms with Crippen LogP contribution in [0.1, 0.15) is 37.8 Å². The molecule has 0 bridgehead atoms. The van der Waals surface area contributed by atoms with E-state index in [4.69, 9.17) is 5.73 Å². The molecule has 2 rings (SSSR count). The molecule has 1 heteroatoms. The molecule has 0 radical (unpaired) electrons. The quantitative estimate of drug-likeness (QED) is 0.773. The summed E-state index contributed by atoms with van der Waals surface area (Å²) in [6.07, 6.45) is 4.54. The van der Waals surface area contributed by atoms with E-state index in [1.54, 1.807) is 0 Å². The molecule has 0 aliphatic heterocycles. The number of nitrogens with two attached hydrogens (primary N) is 1. The lowest BCUT2D eigenvalue weighted by atomic mass is 9.95. The van der Waals surface area contributed by atoms with Crippen molar-refractivity contribution >= 4 is 16.5 Å². The molecule has 2 aromatic rings. The van der Waals surface area contributed by atoms with Crippen LogP contribution in [0.4, 0.5) is 5.69 Å². The Morgan fingerprint density at radius 3 is 2.35 bits per heavy atom. The summed E-state index contributed by atoms with van der Waals surface area (Å²) < 4.78 is 0. The molecule has 2 aromatic carbocycles. The van der Waals surface area contributed by atoms with Gasteiger partial charge in [-0.1, -0.05) is 51.0 Å². The molecule has 90 valence electrons. The predicted molar refractivity (Wildman–Crippen MR) is 76.4 cm³/mol. The van der Waals surface area contributed by atoms with Gasteiger partial charge in [-0.05, 0) is 40.8 Å². The first-order valence-corrected chi connectivity index (χ1v) is 6.56. The van der Waals surface area contributed by atoms with Crippen LogP contribution in [0, 0.1) is 0 Å². The van der Waals surface area contributed by atoms with Crippen molar-refractivity contribution in [3.63, 3.8) is 0 Å². The van der Waals surface area contributed by atoms with Crippen LogP contribution in [0.5, 0.6) is 0 Å². The van der Waals surface area contributed by atoms with E-state index in [9.17, 15) is 0 Å². The Morgan fingerprint density at radius 1 is 0.882 bits per heavy atom. The highest BCUT2D eigenvalue weighted by atomic mass is 14.6. The lowest BCUT2D eigenvalue weighted by molar-refractivity contribution is 0.924. The van der Waals surface area contributed by atoms with Gasteiger partial charge in [0.1, 0.15) is 0 Å². The molecule has 0 amide bonds. The van der Waals surface area contributed by atoms with Crippen molar-refractivity contribution in [2.75, 3.05) is 5.73 Å². The fourth-order valence-corrected chi connectivity index (χ4v) is 2.52. The van der Waals surface area contributed by atoms with Crippen LogP contribution in [-0.2, 0) is 12.8 Å². The fraction of sp³-hybridized carbons (Fsp3) is 0.375. The first-order valence-electron chi connectivity index (χ1n) is 6.56. The third kappa shape index (κ3) is 2.28. The van der Waals surface area contributed by atoms with E-state index >= 15 is 0 Å². The van der Waals surface area contributed by atoms with Crippen LogP contribution in [-0.4, -0.2) is 0 Å². The number of fused-ring (bicyclic) bond motifs is 1. The van der Waals surface area contributed by atoms with Crippen molar-refractivity contribution in [2.24, 2.45) is 0 Å². The topological polar surface area (TPSA) is 26.0 Å². The summed E-state index contributed by atoms with van der Waals surface area (Å²) in [5, 5.41) is 2.73. The Kier molecular flexibility index (Phi) is 3.68. The van der Waals surface area contributed by atoms with Crippen molar-refractivity contribution in [1.29, 1.82) is 0 Å². The maximum atomic E-state index is 6.10. The number of aryl methyl sites for hydroxylation is 2. The molecule has 0 saturated heterocycles. The summed E-state index contributed by atoms with van der Waals surface area (Å²) in [6, 6.07) is 10.8. The van der Waals surface area contributed by atoms with E-state index < -0.39 is 0 Å². The lowest BCUT2D eigenvalue weighted by Gasteiger charge is -2.12. The van der Waals surface area contributed by atoms with E-state index in [-0.39, 0.29) is 0 Å². The number of anilines is 1. The molecule has 2 N–H and O–H groups in total. The smallest absolute Gasteiger partial charge is 0.0353 e. The summed E-state index contributed by atoms with van der Waals surface area (Å²) in [5.41, 5.74) is 9.80. The molecule has 0 aliphatic rings. The molecular formula is C16H21N. The highest BCUT2D eigenvalue weighted by Crippen LogP contribution is 2.28.